The van der Waals surface area contributed by atoms with Crippen molar-refractivity contribution in [2.45, 2.75) is 24.8 Å². The number of rotatable bonds is 6. The molecule has 2 aromatic rings. The Bertz CT molecular complexity index is 962. The lowest BCUT2D eigenvalue weighted by Crippen LogP contribution is -2.33. The number of amides is 1. The Morgan fingerprint density at radius 1 is 1.11 bits per heavy atom. The number of sulfonamides is 1. The van der Waals surface area contributed by atoms with E-state index in [1.165, 1.54) is 42.7 Å². The van der Waals surface area contributed by atoms with Gasteiger partial charge in [-0.15, -0.1) is 0 Å². The van der Waals surface area contributed by atoms with Crippen molar-refractivity contribution in [1.82, 2.24) is 4.31 Å². The van der Waals surface area contributed by atoms with E-state index in [1.54, 1.807) is 26.0 Å². The third-order valence-corrected chi connectivity index (χ3v) is 6.65. The van der Waals surface area contributed by atoms with Crippen LogP contribution in [0.3, 0.4) is 0 Å². The number of anilines is 1. The molecule has 0 aromatic heterocycles. The van der Waals surface area contributed by atoms with Gasteiger partial charge in [-0.3, -0.25) is 4.79 Å². The number of methoxy groups -OCH3 is 1. The molecule has 2 aromatic carbocycles. The highest BCUT2D eigenvalue weighted by molar-refractivity contribution is 7.89. The Morgan fingerprint density at radius 2 is 1.78 bits per heavy atom. The van der Waals surface area contributed by atoms with Crippen molar-refractivity contribution >= 4 is 44.8 Å². The number of benzene rings is 2. The van der Waals surface area contributed by atoms with Gasteiger partial charge in [0.25, 0.3) is 5.91 Å². The van der Waals surface area contributed by atoms with Crippen LogP contribution in [0.4, 0.5) is 5.69 Å². The van der Waals surface area contributed by atoms with Crippen LogP contribution in [0.25, 0.3) is 0 Å². The Hall–Kier alpha value is -1.80. The Labute approximate surface area is 169 Å². The number of nitrogens with one attached hydrogen (secondary N) is 1. The molecule has 0 fully saturated rings. The van der Waals surface area contributed by atoms with Crippen molar-refractivity contribution in [1.29, 1.82) is 0 Å². The monoisotopic (exact) mass is 430 g/mol. The number of nitrogens with zero attached hydrogens (tertiary/aromatic N) is 1. The van der Waals surface area contributed by atoms with Crippen molar-refractivity contribution in [3.63, 3.8) is 0 Å². The molecule has 0 aliphatic heterocycles. The van der Waals surface area contributed by atoms with Crippen LogP contribution in [-0.2, 0) is 10.0 Å². The van der Waals surface area contributed by atoms with Gasteiger partial charge in [0.15, 0.2) is 0 Å². The van der Waals surface area contributed by atoms with E-state index in [2.05, 4.69) is 5.32 Å². The number of carbonyl (C=O) groups is 1. The summed E-state index contributed by atoms with van der Waals surface area (Å²) in [6.07, 6.45) is 0. The molecule has 0 heterocycles. The van der Waals surface area contributed by atoms with Gasteiger partial charge in [0.2, 0.25) is 10.0 Å². The van der Waals surface area contributed by atoms with E-state index in [-0.39, 0.29) is 21.5 Å². The summed E-state index contributed by atoms with van der Waals surface area (Å²) in [5.74, 6) is -0.0806. The van der Waals surface area contributed by atoms with Crippen LogP contribution in [0.1, 0.15) is 24.2 Å². The van der Waals surface area contributed by atoms with E-state index >= 15 is 0 Å². The number of ether oxygens (including phenoxy) is 1. The predicted octanol–water partition coefficient (Wildman–Crippen LogP) is 4.28. The lowest BCUT2D eigenvalue weighted by Gasteiger charge is -2.21. The lowest BCUT2D eigenvalue weighted by atomic mass is 10.2. The van der Waals surface area contributed by atoms with E-state index in [4.69, 9.17) is 27.9 Å². The molecule has 0 saturated heterocycles. The maximum absolute atomic E-state index is 12.7. The molecule has 2 rings (SSSR count). The highest BCUT2D eigenvalue weighted by atomic mass is 35.5. The van der Waals surface area contributed by atoms with Gasteiger partial charge in [-0.25, -0.2) is 8.42 Å². The summed E-state index contributed by atoms with van der Waals surface area (Å²) in [5.41, 5.74) is 0.469. The van der Waals surface area contributed by atoms with Crippen molar-refractivity contribution in [2.75, 3.05) is 19.5 Å². The van der Waals surface area contributed by atoms with Gasteiger partial charge in [0, 0.05) is 18.8 Å². The second-order valence-electron chi connectivity index (χ2n) is 6.06. The first-order valence-corrected chi connectivity index (χ1v) is 10.2. The van der Waals surface area contributed by atoms with Crippen molar-refractivity contribution < 1.29 is 17.9 Å². The van der Waals surface area contributed by atoms with Gasteiger partial charge >= 0.3 is 0 Å². The number of carbonyl (C=O) groups excluding carboxylic acids is 1. The van der Waals surface area contributed by atoms with E-state index in [0.29, 0.717) is 16.5 Å². The Kier molecular flexibility index (Phi) is 6.75. The summed E-state index contributed by atoms with van der Waals surface area (Å²) in [4.78, 5) is 12.6. The smallest absolute Gasteiger partial charge is 0.257 e. The van der Waals surface area contributed by atoms with Gasteiger partial charge in [-0.2, -0.15) is 4.31 Å². The molecule has 0 aliphatic carbocycles. The standard InChI is InChI=1S/C18H20Cl2N2O4S/c1-11(2)22(3)27(24,25)13-6-7-15(19)14(10-13)18(23)21-12-5-8-17(26-4)16(20)9-12/h5-11H,1-4H3,(H,21,23). The molecule has 9 heteroatoms. The van der Waals surface area contributed by atoms with E-state index < -0.39 is 15.9 Å². The average Bonchev–Trinajstić information content (AvgIpc) is 2.61. The quantitative estimate of drug-likeness (QED) is 0.741. The van der Waals surface area contributed by atoms with Gasteiger partial charge < -0.3 is 10.1 Å². The zero-order chi connectivity index (χ0) is 20.4. The average molecular weight is 431 g/mol. The molecular formula is C18H20Cl2N2O4S. The molecule has 0 saturated carbocycles. The maximum atomic E-state index is 12.7. The van der Waals surface area contributed by atoms with Gasteiger partial charge in [0.05, 0.1) is 27.6 Å². The summed E-state index contributed by atoms with van der Waals surface area (Å²) >= 11 is 12.2. The van der Waals surface area contributed by atoms with Crippen LogP contribution < -0.4 is 10.1 Å². The van der Waals surface area contributed by atoms with E-state index in [1.807, 2.05) is 0 Å². The van der Waals surface area contributed by atoms with E-state index in [9.17, 15) is 13.2 Å². The molecule has 27 heavy (non-hydrogen) atoms. The fourth-order valence-electron chi connectivity index (χ4n) is 2.23. The minimum Gasteiger partial charge on any atom is -0.495 e. The lowest BCUT2D eigenvalue weighted by molar-refractivity contribution is 0.102. The molecule has 1 N–H and O–H groups in total. The SMILES string of the molecule is COc1ccc(NC(=O)c2cc(S(=O)(=O)N(C)C(C)C)ccc2Cl)cc1Cl. The highest BCUT2D eigenvalue weighted by Crippen LogP contribution is 2.28. The van der Waals surface area contributed by atoms with Crippen LogP contribution in [0.2, 0.25) is 10.0 Å². The number of hydrogen-bond donors (Lipinski definition) is 1. The second-order valence-corrected chi connectivity index (χ2v) is 8.87. The van der Waals surface area contributed by atoms with Gasteiger partial charge in [-0.1, -0.05) is 23.2 Å². The molecule has 1 amide bonds. The molecule has 0 bridgehead atoms. The van der Waals surface area contributed by atoms with Gasteiger partial charge in [-0.05, 0) is 50.2 Å². The van der Waals surface area contributed by atoms with Gasteiger partial charge in [0.1, 0.15) is 5.75 Å². The second kappa shape index (κ2) is 8.48. The first-order valence-electron chi connectivity index (χ1n) is 8.00. The molecule has 0 aliphatic rings. The molecule has 6 nitrogen and oxygen atoms in total. The number of hydrogen-bond acceptors (Lipinski definition) is 4. The van der Waals surface area contributed by atoms with E-state index in [0.717, 1.165) is 0 Å². The molecule has 0 radical (unpaired) electrons. The zero-order valence-corrected chi connectivity index (χ0v) is 17.6. The van der Waals surface area contributed by atoms with Crippen LogP contribution in [-0.4, -0.2) is 38.8 Å². The molecule has 0 atom stereocenters. The third-order valence-electron chi connectivity index (χ3n) is 4.00. The summed E-state index contributed by atoms with van der Waals surface area (Å²) < 4.78 is 31.6. The highest BCUT2D eigenvalue weighted by Gasteiger charge is 2.25. The first kappa shape index (κ1) is 21.5. The van der Waals surface area contributed by atoms with Crippen molar-refractivity contribution in [3.8, 4) is 5.75 Å². The number of halogens is 2. The summed E-state index contributed by atoms with van der Waals surface area (Å²) in [6, 6.07) is 8.54. The van der Waals surface area contributed by atoms with Crippen molar-refractivity contribution in [3.05, 3.63) is 52.0 Å². The minimum atomic E-state index is -3.74. The largest absolute Gasteiger partial charge is 0.495 e. The molecule has 0 spiro atoms. The summed E-state index contributed by atoms with van der Waals surface area (Å²) in [7, 11) is -0.777. The molecule has 146 valence electrons. The predicted molar refractivity (Wildman–Crippen MR) is 107 cm³/mol. The third kappa shape index (κ3) is 4.73. The fraction of sp³-hybridized carbons (Fsp3) is 0.278. The van der Waals surface area contributed by atoms with Crippen molar-refractivity contribution in [2.24, 2.45) is 0 Å². The summed E-state index contributed by atoms with van der Waals surface area (Å²) in [6.45, 7) is 3.52. The fourth-order valence-corrected chi connectivity index (χ4v) is 4.08. The van der Waals surface area contributed by atoms with Crippen LogP contribution >= 0.6 is 23.2 Å². The topological polar surface area (TPSA) is 75.7 Å². The molecular weight excluding hydrogens is 411 g/mol. The maximum Gasteiger partial charge on any atom is 0.257 e. The van der Waals surface area contributed by atoms with Crippen LogP contribution in [0, 0.1) is 0 Å². The van der Waals surface area contributed by atoms with Crippen LogP contribution in [0.15, 0.2) is 41.3 Å². The molecule has 0 unspecified atom stereocenters. The zero-order valence-electron chi connectivity index (χ0n) is 15.3. The Balaban J connectivity index is 2.35. The normalized spacial score (nSPS) is 11.7. The Morgan fingerprint density at radius 3 is 2.33 bits per heavy atom. The minimum absolute atomic E-state index is 0.0130. The van der Waals surface area contributed by atoms with Crippen LogP contribution in [0.5, 0.6) is 5.75 Å². The first-order chi connectivity index (χ1) is 12.6. The summed E-state index contributed by atoms with van der Waals surface area (Å²) in [5, 5.41) is 3.12.